The smallest absolute Gasteiger partial charge is 0.410 e. The number of likely N-dealkylation sites (tertiary alicyclic amines) is 1. The molecule has 4 rings (SSSR count). The Morgan fingerprint density at radius 1 is 1.10 bits per heavy atom. The van der Waals surface area contributed by atoms with Crippen LogP contribution in [0.5, 0.6) is 0 Å². The fourth-order valence-corrected chi connectivity index (χ4v) is 5.47. The van der Waals surface area contributed by atoms with Gasteiger partial charge in [-0.25, -0.2) is 4.79 Å². The maximum absolute atomic E-state index is 12.5. The van der Waals surface area contributed by atoms with E-state index in [2.05, 4.69) is 0 Å². The number of hydrogen-bond donors (Lipinski definition) is 2. The van der Waals surface area contributed by atoms with Gasteiger partial charge in [0.2, 0.25) is 0 Å². The van der Waals surface area contributed by atoms with Crippen molar-refractivity contribution in [2.24, 2.45) is 23.7 Å². The van der Waals surface area contributed by atoms with Crippen LogP contribution in [0.4, 0.5) is 4.79 Å². The van der Waals surface area contributed by atoms with Crippen LogP contribution in [0.2, 0.25) is 0 Å². The number of piperidine rings is 1. The fourth-order valence-electron chi connectivity index (χ4n) is 5.47. The number of carbonyl (C=O) groups is 1. The molecule has 8 unspecified atom stereocenters. The molecular formula is C15H23NO4. The van der Waals surface area contributed by atoms with Crippen molar-refractivity contribution in [3.05, 3.63) is 0 Å². The Balaban J connectivity index is 1.68. The van der Waals surface area contributed by atoms with Crippen LogP contribution in [0.25, 0.3) is 0 Å². The molecule has 1 heterocycles. The lowest BCUT2D eigenvalue weighted by Crippen LogP contribution is -2.63. The van der Waals surface area contributed by atoms with Gasteiger partial charge in [-0.3, -0.25) is 4.90 Å². The zero-order valence-corrected chi connectivity index (χ0v) is 12.2. The number of carbonyl (C=O) groups excluding carboxylic acids is 1. The van der Waals surface area contributed by atoms with Gasteiger partial charge in [-0.15, -0.1) is 0 Å². The zero-order valence-electron chi connectivity index (χ0n) is 12.2. The van der Waals surface area contributed by atoms with Crippen LogP contribution in [0, 0.1) is 23.7 Å². The van der Waals surface area contributed by atoms with Crippen molar-refractivity contribution in [1.82, 2.24) is 4.90 Å². The van der Waals surface area contributed by atoms with E-state index in [0.717, 1.165) is 12.8 Å². The largest absolute Gasteiger partial charge is 0.444 e. The monoisotopic (exact) mass is 281 g/mol. The van der Waals surface area contributed by atoms with E-state index in [9.17, 15) is 15.0 Å². The summed E-state index contributed by atoms with van der Waals surface area (Å²) < 4.78 is 5.51. The maximum atomic E-state index is 12.5. The van der Waals surface area contributed by atoms with Crippen LogP contribution in [0.1, 0.15) is 33.6 Å². The molecule has 1 amide bonds. The first kappa shape index (κ1) is 12.9. The molecule has 8 atom stereocenters. The van der Waals surface area contributed by atoms with Crippen LogP contribution in [-0.2, 0) is 4.74 Å². The van der Waals surface area contributed by atoms with Crippen LogP contribution in [0.3, 0.4) is 0 Å². The van der Waals surface area contributed by atoms with Gasteiger partial charge >= 0.3 is 6.09 Å². The molecule has 20 heavy (non-hydrogen) atoms. The Morgan fingerprint density at radius 3 is 2.45 bits per heavy atom. The van der Waals surface area contributed by atoms with Gasteiger partial charge in [0.15, 0.2) is 0 Å². The summed E-state index contributed by atoms with van der Waals surface area (Å²) in [5.41, 5.74) is -0.552. The molecular weight excluding hydrogens is 258 g/mol. The number of aliphatic hydroxyl groups is 2. The Bertz CT molecular complexity index is 459. The van der Waals surface area contributed by atoms with Crippen LogP contribution < -0.4 is 0 Å². The molecule has 0 aromatic carbocycles. The Hall–Kier alpha value is -0.810. The number of hydrogen-bond acceptors (Lipinski definition) is 4. The zero-order chi connectivity index (χ0) is 14.4. The van der Waals surface area contributed by atoms with Gasteiger partial charge in [0.25, 0.3) is 0 Å². The SMILES string of the molecule is CC(C)(C)OC(=O)N1C2CC3C4CC(C3C2O)C1C4O. The molecule has 5 heteroatoms. The third-order valence-electron chi connectivity index (χ3n) is 5.90. The molecule has 2 N–H and O–H groups in total. The van der Waals surface area contributed by atoms with Gasteiger partial charge in [-0.2, -0.15) is 0 Å². The van der Waals surface area contributed by atoms with E-state index < -0.39 is 17.8 Å². The van der Waals surface area contributed by atoms with Crippen molar-refractivity contribution in [2.45, 2.75) is 63.5 Å². The second-order valence-electron chi connectivity index (χ2n) is 7.97. The number of ether oxygens (including phenoxy) is 1. The highest BCUT2D eigenvalue weighted by Gasteiger charge is 2.71. The first-order valence-electron chi connectivity index (χ1n) is 7.67. The van der Waals surface area contributed by atoms with E-state index in [-0.39, 0.29) is 35.9 Å². The van der Waals surface area contributed by atoms with Crippen molar-refractivity contribution in [1.29, 1.82) is 0 Å². The summed E-state index contributed by atoms with van der Waals surface area (Å²) in [4.78, 5) is 14.2. The van der Waals surface area contributed by atoms with E-state index in [0.29, 0.717) is 5.92 Å². The van der Waals surface area contributed by atoms with E-state index in [1.807, 2.05) is 20.8 Å². The van der Waals surface area contributed by atoms with Gasteiger partial charge in [-0.05, 0) is 57.3 Å². The second-order valence-corrected chi connectivity index (χ2v) is 7.97. The summed E-state index contributed by atoms with van der Waals surface area (Å²) >= 11 is 0. The lowest BCUT2D eigenvalue weighted by atomic mass is 9.75. The van der Waals surface area contributed by atoms with Crippen molar-refractivity contribution < 1.29 is 19.7 Å². The average molecular weight is 281 g/mol. The highest BCUT2D eigenvalue weighted by Crippen LogP contribution is 2.64. The molecule has 0 radical (unpaired) electrons. The Morgan fingerprint density at radius 2 is 1.80 bits per heavy atom. The van der Waals surface area contributed by atoms with Gasteiger partial charge < -0.3 is 14.9 Å². The third-order valence-corrected chi connectivity index (χ3v) is 5.90. The van der Waals surface area contributed by atoms with E-state index >= 15 is 0 Å². The topological polar surface area (TPSA) is 70.0 Å². The predicted molar refractivity (Wildman–Crippen MR) is 70.9 cm³/mol. The first-order chi connectivity index (χ1) is 9.29. The molecule has 0 aromatic heterocycles. The number of rotatable bonds is 0. The Labute approximate surface area is 118 Å². The number of amides is 1. The standard InChI is InChI=1S/C15H23NO4/c1-15(2,3)20-14(19)16-9-5-6-7-4-8(10(6)13(9)18)11(16)12(7)17/h6-13,17-18H,4-5H2,1-3H3. The van der Waals surface area contributed by atoms with Crippen LogP contribution in [0.15, 0.2) is 0 Å². The molecule has 1 aliphatic heterocycles. The van der Waals surface area contributed by atoms with E-state index in [4.69, 9.17) is 4.74 Å². The van der Waals surface area contributed by atoms with Crippen molar-refractivity contribution in [3.63, 3.8) is 0 Å². The highest BCUT2D eigenvalue weighted by atomic mass is 16.6. The van der Waals surface area contributed by atoms with Gasteiger partial charge in [0, 0.05) is 0 Å². The lowest BCUT2D eigenvalue weighted by Gasteiger charge is -2.48. The summed E-state index contributed by atoms with van der Waals surface area (Å²) in [7, 11) is 0. The normalized spacial score (nSPS) is 52.0. The quantitative estimate of drug-likeness (QED) is 0.694. The van der Waals surface area contributed by atoms with Crippen molar-refractivity contribution >= 4 is 6.09 Å². The van der Waals surface area contributed by atoms with Gasteiger partial charge in [0.05, 0.1) is 24.3 Å². The maximum Gasteiger partial charge on any atom is 0.410 e. The summed E-state index contributed by atoms with van der Waals surface area (Å²) in [6, 6.07) is -0.312. The molecule has 0 spiro atoms. The summed E-state index contributed by atoms with van der Waals surface area (Å²) in [5.74, 6) is 1.19. The van der Waals surface area contributed by atoms with Gasteiger partial charge in [-0.1, -0.05) is 0 Å². The van der Waals surface area contributed by atoms with Crippen molar-refractivity contribution in [2.75, 3.05) is 0 Å². The molecule has 3 aliphatic carbocycles. The fraction of sp³-hybridized carbons (Fsp3) is 0.933. The van der Waals surface area contributed by atoms with Crippen LogP contribution >= 0.6 is 0 Å². The first-order valence-corrected chi connectivity index (χ1v) is 7.67. The molecule has 4 aliphatic rings. The van der Waals surface area contributed by atoms with E-state index in [1.165, 1.54) is 0 Å². The molecule has 4 fully saturated rings. The minimum absolute atomic E-state index is 0.146. The lowest BCUT2D eigenvalue weighted by molar-refractivity contribution is -0.0987. The molecule has 3 saturated carbocycles. The van der Waals surface area contributed by atoms with Crippen LogP contribution in [-0.4, -0.2) is 51.1 Å². The van der Waals surface area contributed by atoms with E-state index in [1.54, 1.807) is 4.90 Å². The molecule has 1 saturated heterocycles. The number of nitrogens with zero attached hydrogens (tertiary/aromatic N) is 1. The number of fused-ring (bicyclic) bond motifs is 3. The minimum Gasteiger partial charge on any atom is -0.444 e. The highest BCUT2D eigenvalue weighted by molar-refractivity contribution is 5.70. The summed E-state index contributed by atoms with van der Waals surface area (Å²) in [5, 5.41) is 21.0. The summed E-state index contributed by atoms with van der Waals surface area (Å²) in [6.07, 6.45) is 0.513. The number of aliphatic hydroxyl groups excluding tert-OH is 2. The molecule has 4 bridgehead atoms. The predicted octanol–water partition coefficient (Wildman–Crippen LogP) is 0.982. The molecule has 0 aromatic rings. The van der Waals surface area contributed by atoms with Crippen molar-refractivity contribution in [3.8, 4) is 0 Å². The average Bonchev–Trinajstić information content (AvgIpc) is 2.84. The second kappa shape index (κ2) is 3.69. The minimum atomic E-state index is -0.552. The molecule has 112 valence electrons. The Kier molecular flexibility index (Phi) is 2.38. The molecule has 5 nitrogen and oxygen atoms in total. The summed E-state index contributed by atoms with van der Waals surface area (Å²) in [6.45, 7) is 5.53. The third kappa shape index (κ3) is 1.43. The van der Waals surface area contributed by atoms with Gasteiger partial charge in [0.1, 0.15) is 5.60 Å².